The first-order chi connectivity index (χ1) is 14.5. The predicted molar refractivity (Wildman–Crippen MR) is 115 cm³/mol. The van der Waals surface area contributed by atoms with Gasteiger partial charge >= 0.3 is 6.03 Å². The number of benzene rings is 2. The molecule has 2 aromatic heterocycles. The number of methoxy groups -OCH3 is 1. The summed E-state index contributed by atoms with van der Waals surface area (Å²) >= 11 is 0. The number of nitrogens with one attached hydrogen (secondary N) is 1. The van der Waals surface area contributed by atoms with Gasteiger partial charge in [-0.25, -0.2) is 19.3 Å². The van der Waals surface area contributed by atoms with E-state index in [0.29, 0.717) is 33.4 Å². The molecule has 2 aromatic carbocycles. The number of anilines is 2. The summed E-state index contributed by atoms with van der Waals surface area (Å²) < 4.78 is 6.51. The Morgan fingerprint density at radius 1 is 1.10 bits per heavy atom. The summed E-state index contributed by atoms with van der Waals surface area (Å²) in [5, 5.41) is 2.87. The maximum Gasteiger partial charge on any atom is 0.316 e. The number of hydrogen-bond donors (Lipinski definition) is 3. The number of hydrogen-bond acceptors (Lipinski definition) is 6. The molecule has 4 aromatic rings. The van der Waals surface area contributed by atoms with Gasteiger partial charge in [0.2, 0.25) is 11.8 Å². The largest absolute Gasteiger partial charge is 0.480 e. The van der Waals surface area contributed by atoms with Crippen LogP contribution >= 0.6 is 0 Å². The fourth-order valence-corrected chi connectivity index (χ4v) is 3.20. The normalized spacial score (nSPS) is 10.7. The number of fused-ring (bicyclic) bond motifs is 1. The van der Waals surface area contributed by atoms with Gasteiger partial charge in [-0.05, 0) is 35.9 Å². The van der Waals surface area contributed by atoms with Gasteiger partial charge in [0.15, 0.2) is 0 Å². The van der Waals surface area contributed by atoms with Crippen LogP contribution in [0.2, 0.25) is 0 Å². The van der Waals surface area contributed by atoms with E-state index >= 15 is 0 Å². The van der Waals surface area contributed by atoms with Crippen molar-refractivity contribution in [2.45, 2.75) is 0 Å². The molecule has 0 saturated carbocycles. The number of carbonyl (C=O) groups is 1. The van der Waals surface area contributed by atoms with Crippen molar-refractivity contribution < 1.29 is 9.53 Å². The Labute approximate surface area is 170 Å². The molecule has 0 aliphatic heterocycles. The van der Waals surface area contributed by atoms with E-state index in [2.05, 4.69) is 15.3 Å². The van der Waals surface area contributed by atoms with Gasteiger partial charge < -0.3 is 21.5 Å². The van der Waals surface area contributed by atoms with Crippen molar-refractivity contribution in [2.24, 2.45) is 5.73 Å². The highest BCUT2D eigenvalue weighted by atomic mass is 16.5. The Morgan fingerprint density at radius 2 is 1.87 bits per heavy atom. The van der Waals surface area contributed by atoms with Crippen molar-refractivity contribution in [1.29, 1.82) is 0 Å². The van der Waals surface area contributed by atoms with Crippen LogP contribution in [0.25, 0.3) is 27.7 Å². The van der Waals surface area contributed by atoms with Crippen LogP contribution in [0.5, 0.6) is 5.88 Å². The highest BCUT2D eigenvalue weighted by Crippen LogP contribution is 2.29. The summed E-state index contributed by atoms with van der Waals surface area (Å²) in [7, 11) is 1.44. The average molecular weight is 402 g/mol. The summed E-state index contributed by atoms with van der Waals surface area (Å²) in [5.41, 5.74) is 13.8. The third kappa shape index (κ3) is 3.39. The van der Waals surface area contributed by atoms with Crippen molar-refractivity contribution in [3.8, 4) is 22.7 Å². The lowest BCUT2D eigenvalue weighted by Crippen LogP contribution is -2.23. The first-order valence-corrected chi connectivity index (χ1v) is 8.96. The number of para-hydroxylation sites is 1. The molecule has 150 valence electrons. The molecule has 4 rings (SSSR count). The number of carbonyl (C=O) groups excluding carboxylic acids is 1. The number of nitrogens with two attached hydrogens (primary N) is 2. The van der Waals surface area contributed by atoms with E-state index in [4.69, 9.17) is 16.2 Å². The molecule has 2 amide bonds. The number of primary amides is 1. The van der Waals surface area contributed by atoms with E-state index < -0.39 is 6.03 Å². The molecule has 0 bridgehead atoms. The van der Waals surface area contributed by atoms with Gasteiger partial charge in [-0.15, -0.1) is 0 Å². The Bertz CT molecular complexity index is 1320. The van der Waals surface area contributed by atoms with E-state index in [1.807, 2.05) is 18.2 Å². The second-order valence-corrected chi connectivity index (χ2v) is 6.45. The Morgan fingerprint density at radius 3 is 2.57 bits per heavy atom. The second kappa shape index (κ2) is 7.55. The monoisotopic (exact) mass is 402 g/mol. The predicted octanol–water partition coefficient (Wildman–Crippen LogP) is 2.53. The standard InChI is InChI=1S/C21H18N6O3/c1-30-18-17(26-21(23)29)10-13(11-24-18)12-7-8-16-15(9-12)19(28)27(20(22)25-16)14-5-3-2-4-6-14/h2-11H,1H3,(H2,22,25)(H3,23,26,29). The van der Waals surface area contributed by atoms with E-state index in [1.165, 1.54) is 11.7 Å². The summed E-state index contributed by atoms with van der Waals surface area (Å²) in [5.74, 6) is 0.324. The molecule has 0 fully saturated rings. The summed E-state index contributed by atoms with van der Waals surface area (Å²) in [6.45, 7) is 0. The summed E-state index contributed by atoms with van der Waals surface area (Å²) in [6.07, 6.45) is 1.58. The molecule has 0 aliphatic rings. The van der Waals surface area contributed by atoms with Gasteiger partial charge in [0.05, 0.1) is 23.7 Å². The van der Waals surface area contributed by atoms with Crippen LogP contribution in [0.3, 0.4) is 0 Å². The van der Waals surface area contributed by atoms with E-state index in [-0.39, 0.29) is 17.4 Å². The lowest BCUT2D eigenvalue weighted by Gasteiger charge is -2.12. The van der Waals surface area contributed by atoms with Crippen molar-refractivity contribution in [3.05, 3.63) is 71.1 Å². The van der Waals surface area contributed by atoms with Gasteiger partial charge in [0, 0.05) is 11.8 Å². The van der Waals surface area contributed by atoms with Crippen LogP contribution in [-0.2, 0) is 0 Å². The molecule has 0 saturated heterocycles. The zero-order valence-corrected chi connectivity index (χ0v) is 16.0. The Balaban J connectivity index is 1.88. The first-order valence-electron chi connectivity index (χ1n) is 8.96. The molecule has 30 heavy (non-hydrogen) atoms. The minimum atomic E-state index is -0.740. The number of aromatic nitrogens is 3. The van der Waals surface area contributed by atoms with Gasteiger partial charge in [-0.1, -0.05) is 24.3 Å². The van der Waals surface area contributed by atoms with Crippen molar-refractivity contribution in [2.75, 3.05) is 18.2 Å². The number of ether oxygens (including phenoxy) is 1. The highest BCUT2D eigenvalue weighted by Gasteiger charge is 2.13. The van der Waals surface area contributed by atoms with Gasteiger partial charge in [-0.2, -0.15) is 0 Å². The number of pyridine rings is 1. The Hall–Kier alpha value is -4.40. The van der Waals surface area contributed by atoms with Crippen LogP contribution in [0, 0.1) is 0 Å². The summed E-state index contributed by atoms with van der Waals surface area (Å²) in [6, 6.07) is 15.2. The van der Waals surface area contributed by atoms with Gasteiger partial charge in [0.25, 0.3) is 5.56 Å². The Kier molecular flexibility index (Phi) is 4.77. The summed E-state index contributed by atoms with van der Waals surface area (Å²) in [4.78, 5) is 33.0. The van der Waals surface area contributed by atoms with Gasteiger partial charge in [0.1, 0.15) is 5.69 Å². The van der Waals surface area contributed by atoms with Crippen molar-refractivity contribution >= 4 is 28.6 Å². The third-order valence-electron chi connectivity index (χ3n) is 4.54. The number of nitrogens with zero attached hydrogens (tertiary/aromatic N) is 3. The molecule has 9 heteroatoms. The maximum absolute atomic E-state index is 13.2. The quantitative estimate of drug-likeness (QED) is 0.479. The topological polar surface area (TPSA) is 138 Å². The van der Waals surface area contributed by atoms with Gasteiger partial charge in [-0.3, -0.25) is 4.79 Å². The van der Waals surface area contributed by atoms with E-state index in [0.717, 1.165) is 0 Å². The minimum absolute atomic E-state index is 0.102. The number of nitrogen functional groups attached to an aromatic ring is 1. The highest BCUT2D eigenvalue weighted by molar-refractivity contribution is 5.91. The smallest absolute Gasteiger partial charge is 0.316 e. The zero-order chi connectivity index (χ0) is 21.3. The van der Waals surface area contributed by atoms with E-state index in [1.54, 1.807) is 42.6 Å². The molecular formula is C21H18N6O3. The molecule has 0 spiro atoms. The van der Waals surface area contributed by atoms with Crippen molar-refractivity contribution in [1.82, 2.24) is 14.5 Å². The SMILES string of the molecule is COc1ncc(-c2ccc3nc(N)n(-c4ccccc4)c(=O)c3c2)cc1NC(N)=O. The molecular weight excluding hydrogens is 384 g/mol. The number of amides is 2. The molecule has 2 heterocycles. The molecule has 0 radical (unpaired) electrons. The fourth-order valence-electron chi connectivity index (χ4n) is 3.20. The second-order valence-electron chi connectivity index (χ2n) is 6.45. The molecule has 9 nitrogen and oxygen atoms in total. The lowest BCUT2D eigenvalue weighted by molar-refractivity contribution is 0.259. The maximum atomic E-state index is 13.2. The molecule has 0 aliphatic carbocycles. The van der Waals surface area contributed by atoms with Crippen LogP contribution in [-0.4, -0.2) is 27.7 Å². The van der Waals surface area contributed by atoms with Crippen LogP contribution in [0.15, 0.2) is 65.6 Å². The van der Waals surface area contributed by atoms with E-state index in [9.17, 15) is 9.59 Å². The van der Waals surface area contributed by atoms with Crippen molar-refractivity contribution in [3.63, 3.8) is 0 Å². The molecule has 5 N–H and O–H groups in total. The number of rotatable bonds is 4. The molecule has 0 atom stereocenters. The van der Waals surface area contributed by atoms with Crippen LogP contribution in [0.1, 0.15) is 0 Å². The molecule has 0 unspecified atom stereocenters. The van der Waals surface area contributed by atoms with Crippen LogP contribution < -0.4 is 27.1 Å². The number of urea groups is 1. The lowest BCUT2D eigenvalue weighted by atomic mass is 10.0. The third-order valence-corrected chi connectivity index (χ3v) is 4.54. The van der Waals surface area contributed by atoms with Crippen LogP contribution in [0.4, 0.5) is 16.4 Å². The zero-order valence-electron chi connectivity index (χ0n) is 16.0. The fraction of sp³-hybridized carbons (Fsp3) is 0.0476. The average Bonchev–Trinajstić information content (AvgIpc) is 2.74. The minimum Gasteiger partial charge on any atom is -0.480 e. The first kappa shape index (κ1) is 18.9.